The second kappa shape index (κ2) is 7.34. The van der Waals surface area contributed by atoms with Crippen molar-refractivity contribution in [2.75, 3.05) is 13.7 Å². The minimum atomic E-state index is -0.605. The van der Waals surface area contributed by atoms with E-state index < -0.39 is 11.7 Å². The van der Waals surface area contributed by atoms with Gasteiger partial charge in [-0.3, -0.25) is 4.79 Å². The van der Waals surface area contributed by atoms with Crippen LogP contribution in [0.4, 0.5) is 4.39 Å². The first-order valence-electron chi connectivity index (χ1n) is 6.19. The number of halogens is 2. The van der Waals surface area contributed by atoms with Gasteiger partial charge in [0.1, 0.15) is 11.6 Å². The maximum Gasteiger partial charge on any atom is 0.254 e. The zero-order valence-corrected chi connectivity index (χ0v) is 12.1. The van der Waals surface area contributed by atoms with Gasteiger partial charge in [-0.05, 0) is 24.5 Å². The van der Waals surface area contributed by atoms with Crippen LogP contribution in [0.2, 0.25) is 0 Å². The second-order valence-electron chi connectivity index (χ2n) is 4.78. The Morgan fingerprint density at radius 1 is 1.47 bits per heavy atom. The summed E-state index contributed by atoms with van der Waals surface area (Å²) < 4.78 is 18.5. The minimum Gasteiger partial charge on any atom is -0.497 e. The maximum absolute atomic E-state index is 13.6. The van der Waals surface area contributed by atoms with Crippen molar-refractivity contribution in [2.24, 2.45) is 5.92 Å². The summed E-state index contributed by atoms with van der Waals surface area (Å²) in [6, 6.07) is 4.13. The molecule has 0 saturated heterocycles. The number of benzene rings is 1. The Labute approximate surface area is 118 Å². The average Bonchev–Trinajstić information content (AvgIpc) is 2.35. The van der Waals surface area contributed by atoms with Crippen LogP contribution in [-0.2, 0) is 0 Å². The van der Waals surface area contributed by atoms with E-state index in [9.17, 15) is 9.18 Å². The third-order valence-corrected chi connectivity index (χ3v) is 2.96. The van der Waals surface area contributed by atoms with Crippen LogP contribution in [0.25, 0.3) is 0 Å². The molecule has 0 bridgehead atoms. The number of carbonyl (C=O) groups is 1. The molecule has 0 spiro atoms. The Kier molecular flexibility index (Phi) is 6.09. The van der Waals surface area contributed by atoms with Crippen LogP contribution >= 0.6 is 11.6 Å². The molecule has 0 aliphatic rings. The van der Waals surface area contributed by atoms with E-state index >= 15 is 0 Å². The summed E-state index contributed by atoms with van der Waals surface area (Å²) in [6.45, 7) is 4.44. The Bertz CT molecular complexity index is 437. The molecule has 1 unspecified atom stereocenters. The van der Waals surface area contributed by atoms with Crippen LogP contribution in [0.1, 0.15) is 30.6 Å². The lowest BCUT2D eigenvalue weighted by atomic mass is 10.1. The normalized spacial score (nSPS) is 12.3. The summed E-state index contributed by atoms with van der Waals surface area (Å²) in [5.41, 5.74) is -0.00536. The van der Waals surface area contributed by atoms with Crippen molar-refractivity contribution in [3.8, 4) is 5.75 Å². The van der Waals surface area contributed by atoms with Gasteiger partial charge in [-0.15, -0.1) is 11.6 Å². The van der Waals surface area contributed by atoms with Crippen LogP contribution in [0.3, 0.4) is 0 Å². The van der Waals surface area contributed by atoms with Crippen LogP contribution in [0.5, 0.6) is 5.75 Å². The molecular formula is C14H19ClFNO2. The van der Waals surface area contributed by atoms with Crippen molar-refractivity contribution < 1.29 is 13.9 Å². The molecule has 0 heterocycles. The van der Waals surface area contributed by atoms with Crippen LogP contribution in [0.15, 0.2) is 18.2 Å². The number of ether oxygens (including phenoxy) is 1. The first kappa shape index (κ1) is 15.8. The molecule has 5 heteroatoms. The van der Waals surface area contributed by atoms with Crippen molar-refractivity contribution >= 4 is 17.5 Å². The van der Waals surface area contributed by atoms with E-state index in [2.05, 4.69) is 19.2 Å². The molecule has 0 aliphatic carbocycles. The van der Waals surface area contributed by atoms with Gasteiger partial charge in [0, 0.05) is 12.6 Å². The topological polar surface area (TPSA) is 38.3 Å². The summed E-state index contributed by atoms with van der Waals surface area (Å²) in [6.07, 6.45) is 0.799. The number of nitrogens with one attached hydrogen (secondary N) is 1. The first-order valence-corrected chi connectivity index (χ1v) is 6.63. The fourth-order valence-electron chi connectivity index (χ4n) is 1.70. The lowest BCUT2D eigenvalue weighted by Crippen LogP contribution is -2.30. The molecule has 1 aromatic carbocycles. The van der Waals surface area contributed by atoms with E-state index in [0.29, 0.717) is 18.2 Å². The van der Waals surface area contributed by atoms with Crippen LogP contribution < -0.4 is 10.1 Å². The molecule has 106 valence electrons. The second-order valence-corrected chi connectivity index (χ2v) is 5.40. The van der Waals surface area contributed by atoms with Gasteiger partial charge in [0.25, 0.3) is 5.91 Å². The first-order chi connectivity index (χ1) is 8.93. The monoisotopic (exact) mass is 287 g/mol. The molecule has 0 saturated carbocycles. The smallest absolute Gasteiger partial charge is 0.254 e. The van der Waals surface area contributed by atoms with Gasteiger partial charge in [-0.1, -0.05) is 13.8 Å². The molecule has 1 aromatic rings. The number of amides is 1. The van der Waals surface area contributed by atoms with Gasteiger partial charge in [0.2, 0.25) is 0 Å². The zero-order valence-electron chi connectivity index (χ0n) is 11.4. The molecule has 1 amide bonds. The number of hydrogen-bond donors (Lipinski definition) is 1. The van der Waals surface area contributed by atoms with Gasteiger partial charge in [0.15, 0.2) is 0 Å². The molecule has 1 atom stereocenters. The number of hydrogen-bond acceptors (Lipinski definition) is 2. The maximum atomic E-state index is 13.6. The van der Waals surface area contributed by atoms with Crippen molar-refractivity contribution in [1.29, 1.82) is 0 Å². The third-order valence-electron chi connectivity index (χ3n) is 2.63. The van der Waals surface area contributed by atoms with Crippen LogP contribution in [0, 0.1) is 11.7 Å². The highest BCUT2D eigenvalue weighted by molar-refractivity contribution is 6.20. The van der Waals surface area contributed by atoms with Gasteiger partial charge >= 0.3 is 0 Å². The number of rotatable bonds is 6. The van der Waals surface area contributed by atoms with E-state index in [1.165, 1.54) is 19.2 Å². The Balaban J connectivity index is 2.58. The fraction of sp³-hybridized carbons (Fsp3) is 0.500. The largest absolute Gasteiger partial charge is 0.497 e. The lowest BCUT2D eigenvalue weighted by molar-refractivity contribution is 0.0949. The quantitative estimate of drug-likeness (QED) is 0.816. The number of methoxy groups -OCH3 is 1. The number of alkyl halides is 1. The van der Waals surface area contributed by atoms with Crippen molar-refractivity contribution in [3.05, 3.63) is 29.6 Å². The van der Waals surface area contributed by atoms with Gasteiger partial charge in [-0.2, -0.15) is 0 Å². The summed E-state index contributed by atoms with van der Waals surface area (Å²) in [7, 11) is 1.44. The van der Waals surface area contributed by atoms with Gasteiger partial charge < -0.3 is 10.1 Å². The van der Waals surface area contributed by atoms with Crippen molar-refractivity contribution in [2.45, 2.75) is 25.6 Å². The molecule has 0 aliphatic heterocycles. The lowest BCUT2D eigenvalue weighted by Gasteiger charge is -2.13. The molecule has 19 heavy (non-hydrogen) atoms. The SMILES string of the molecule is COc1ccc(C(=O)NCC(Cl)CC(C)C)c(F)c1. The predicted octanol–water partition coefficient (Wildman–Crippen LogP) is 3.22. The molecule has 0 aromatic heterocycles. The minimum absolute atomic E-state index is 0.00536. The van der Waals surface area contributed by atoms with E-state index in [1.807, 2.05) is 0 Å². The average molecular weight is 288 g/mol. The Hall–Kier alpha value is -1.29. The molecule has 1 N–H and O–H groups in total. The highest BCUT2D eigenvalue weighted by atomic mass is 35.5. The molecule has 1 rings (SSSR count). The van der Waals surface area contributed by atoms with E-state index in [0.717, 1.165) is 6.42 Å². The third kappa shape index (κ3) is 5.07. The summed E-state index contributed by atoms with van der Waals surface area (Å²) in [4.78, 5) is 11.8. The highest BCUT2D eigenvalue weighted by Gasteiger charge is 2.14. The Morgan fingerprint density at radius 2 is 2.16 bits per heavy atom. The van der Waals surface area contributed by atoms with E-state index in [4.69, 9.17) is 16.3 Å². The molecule has 3 nitrogen and oxygen atoms in total. The summed E-state index contributed by atoms with van der Waals surface area (Å²) in [5, 5.41) is 2.48. The van der Waals surface area contributed by atoms with Crippen LogP contribution in [-0.4, -0.2) is 24.9 Å². The molecule has 0 fully saturated rings. The van der Waals surface area contributed by atoms with Gasteiger partial charge in [0.05, 0.1) is 18.1 Å². The van der Waals surface area contributed by atoms with Crippen molar-refractivity contribution in [1.82, 2.24) is 5.32 Å². The molecule has 0 radical (unpaired) electrons. The summed E-state index contributed by atoms with van der Waals surface area (Å²) in [5.74, 6) is -0.234. The van der Waals surface area contributed by atoms with E-state index in [-0.39, 0.29) is 10.9 Å². The Morgan fingerprint density at radius 3 is 2.68 bits per heavy atom. The highest BCUT2D eigenvalue weighted by Crippen LogP contribution is 2.16. The zero-order chi connectivity index (χ0) is 14.4. The summed E-state index contributed by atoms with van der Waals surface area (Å²) >= 11 is 6.07. The molecular weight excluding hydrogens is 269 g/mol. The number of carbonyl (C=O) groups excluding carboxylic acids is 1. The fourth-order valence-corrected chi connectivity index (χ4v) is 2.13. The van der Waals surface area contributed by atoms with Gasteiger partial charge in [-0.25, -0.2) is 4.39 Å². The van der Waals surface area contributed by atoms with E-state index in [1.54, 1.807) is 6.07 Å². The van der Waals surface area contributed by atoms with Crippen molar-refractivity contribution in [3.63, 3.8) is 0 Å². The standard InChI is InChI=1S/C14H19ClFNO2/c1-9(2)6-10(15)8-17-14(18)12-5-4-11(19-3)7-13(12)16/h4-5,7,9-10H,6,8H2,1-3H3,(H,17,18). The predicted molar refractivity (Wildman–Crippen MR) is 74.4 cm³/mol.